The first kappa shape index (κ1) is 13.7. The molecule has 0 aromatic carbocycles. The summed E-state index contributed by atoms with van der Waals surface area (Å²) in [6.45, 7) is 2.33. The highest BCUT2D eigenvalue weighted by atomic mass is 32.1. The number of unbranched alkanes of at least 4 members (excludes halogenated alkanes) is 6. The summed E-state index contributed by atoms with van der Waals surface area (Å²) in [4.78, 5) is 4.34. The number of hydrogen-bond donors (Lipinski definition) is 1. The van der Waals surface area contributed by atoms with Crippen LogP contribution < -0.4 is 0 Å². The summed E-state index contributed by atoms with van der Waals surface area (Å²) in [6, 6.07) is 0. The van der Waals surface area contributed by atoms with Crippen LogP contribution in [0.15, 0.2) is 5.38 Å². The fourth-order valence-corrected chi connectivity index (χ4v) is 2.60. The second-order valence-corrected chi connectivity index (χ2v) is 5.20. The van der Waals surface area contributed by atoms with Gasteiger partial charge in [-0.25, -0.2) is 4.98 Å². The van der Waals surface area contributed by atoms with E-state index in [4.69, 9.17) is 5.11 Å². The maximum Gasteiger partial charge on any atom is 0.0929 e. The third-order valence-electron chi connectivity index (χ3n) is 2.76. The summed E-state index contributed by atoms with van der Waals surface area (Å²) >= 11 is 1.67. The molecule has 2 nitrogen and oxygen atoms in total. The molecule has 3 heteroatoms. The number of aliphatic hydroxyl groups is 1. The standard InChI is InChI=1S/C13H23NOS/c1-2-3-4-5-6-7-8-9-13-14-12(10-15)11-16-13/h11,15H,2-10H2,1H3. The van der Waals surface area contributed by atoms with E-state index < -0.39 is 0 Å². The Balaban J connectivity index is 1.98. The van der Waals surface area contributed by atoms with Gasteiger partial charge in [0.15, 0.2) is 0 Å². The van der Waals surface area contributed by atoms with Crippen LogP contribution in [0.5, 0.6) is 0 Å². The quantitative estimate of drug-likeness (QED) is 0.665. The molecule has 0 saturated carbocycles. The van der Waals surface area contributed by atoms with Crippen molar-refractivity contribution < 1.29 is 5.11 Å². The zero-order valence-corrected chi connectivity index (χ0v) is 11.1. The van der Waals surface area contributed by atoms with E-state index in [-0.39, 0.29) is 6.61 Å². The van der Waals surface area contributed by atoms with Crippen LogP contribution in [-0.4, -0.2) is 10.1 Å². The van der Waals surface area contributed by atoms with E-state index in [0.29, 0.717) is 0 Å². The lowest BCUT2D eigenvalue weighted by molar-refractivity contribution is 0.277. The minimum atomic E-state index is 0.0769. The van der Waals surface area contributed by atoms with Gasteiger partial charge in [-0.1, -0.05) is 45.4 Å². The van der Waals surface area contributed by atoms with Gasteiger partial charge in [-0.15, -0.1) is 11.3 Å². The average molecular weight is 241 g/mol. The van der Waals surface area contributed by atoms with Gasteiger partial charge in [0.25, 0.3) is 0 Å². The Labute approximate surface area is 103 Å². The summed E-state index contributed by atoms with van der Waals surface area (Å²) < 4.78 is 0. The van der Waals surface area contributed by atoms with Gasteiger partial charge in [-0.05, 0) is 12.8 Å². The van der Waals surface area contributed by atoms with Crippen molar-refractivity contribution in [1.82, 2.24) is 4.98 Å². The second-order valence-electron chi connectivity index (χ2n) is 4.26. The minimum absolute atomic E-state index is 0.0769. The number of nitrogens with zero attached hydrogens (tertiary/aromatic N) is 1. The molecule has 0 aliphatic carbocycles. The Morgan fingerprint density at radius 1 is 1.12 bits per heavy atom. The summed E-state index contributed by atoms with van der Waals surface area (Å²) in [5.74, 6) is 0. The van der Waals surface area contributed by atoms with Crippen LogP contribution in [-0.2, 0) is 13.0 Å². The van der Waals surface area contributed by atoms with Gasteiger partial charge in [-0.3, -0.25) is 0 Å². The minimum Gasteiger partial charge on any atom is -0.390 e. The monoisotopic (exact) mass is 241 g/mol. The van der Waals surface area contributed by atoms with Gasteiger partial charge >= 0.3 is 0 Å². The first-order valence-electron chi connectivity index (χ1n) is 6.41. The molecule has 1 aromatic heterocycles. The molecule has 0 saturated heterocycles. The SMILES string of the molecule is CCCCCCCCCc1nc(CO)cs1. The zero-order chi connectivity index (χ0) is 11.6. The average Bonchev–Trinajstić information content (AvgIpc) is 2.76. The molecule has 0 bridgehead atoms. The molecule has 1 N–H and O–H groups in total. The normalized spacial score (nSPS) is 10.9. The molecule has 0 spiro atoms. The Morgan fingerprint density at radius 2 is 1.81 bits per heavy atom. The maximum absolute atomic E-state index is 8.89. The van der Waals surface area contributed by atoms with E-state index in [2.05, 4.69) is 11.9 Å². The molecule has 1 aromatic rings. The number of aromatic nitrogens is 1. The van der Waals surface area contributed by atoms with Gasteiger partial charge in [-0.2, -0.15) is 0 Å². The van der Waals surface area contributed by atoms with Crippen LogP contribution in [0.2, 0.25) is 0 Å². The highest BCUT2D eigenvalue weighted by Gasteiger charge is 2.00. The van der Waals surface area contributed by atoms with Crippen molar-refractivity contribution in [1.29, 1.82) is 0 Å². The predicted molar refractivity (Wildman–Crippen MR) is 69.7 cm³/mol. The van der Waals surface area contributed by atoms with Gasteiger partial charge in [0, 0.05) is 5.38 Å². The molecule has 1 heterocycles. The zero-order valence-electron chi connectivity index (χ0n) is 10.2. The van der Waals surface area contributed by atoms with E-state index in [1.165, 1.54) is 50.0 Å². The number of hydrogen-bond acceptors (Lipinski definition) is 3. The highest BCUT2D eigenvalue weighted by molar-refractivity contribution is 7.09. The third-order valence-corrected chi connectivity index (χ3v) is 3.71. The van der Waals surface area contributed by atoms with Crippen molar-refractivity contribution in [2.24, 2.45) is 0 Å². The largest absolute Gasteiger partial charge is 0.390 e. The van der Waals surface area contributed by atoms with Crippen LogP contribution in [0.1, 0.15) is 62.6 Å². The maximum atomic E-state index is 8.89. The number of rotatable bonds is 9. The van der Waals surface area contributed by atoms with Gasteiger partial charge < -0.3 is 5.11 Å². The Morgan fingerprint density at radius 3 is 2.44 bits per heavy atom. The molecule has 0 amide bonds. The first-order valence-corrected chi connectivity index (χ1v) is 7.29. The summed E-state index contributed by atoms with van der Waals surface area (Å²) in [5.41, 5.74) is 0.822. The Kier molecular flexibility index (Phi) is 7.43. The molecule has 0 radical (unpaired) electrons. The molecule has 0 aliphatic heterocycles. The van der Waals surface area contributed by atoms with E-state index in [0.717, 1.165) is 12.1 Å². The molecule has 92 valence electrons. The molecule has 0 fully saturated rings. The second kappa shape index (κ2) is 8.71. The lowest BCUT2D eigenvalue weighted by Crippen LogP contribution is -1.87. The number of thiazole rings is 1. The van der Waals surface area contributed by atoms with Crippen LogP contribution >= 0.6 is 11.3 Å². The molecule has 0 unspecified atom stereocenters. The van der Waals surface area contributed by atoms with Gasteiger partial charge in [0.2, 0.25) is 0 Å². The Hall–Kier alpha value is -0.410. The van der Waals surface area contributed by atoms with Crippen LogP contribution in [0.4, 0.5) is 0 Å². The summed E-state index contributed by atoms with van der Waals surface area (Å²) in [5, 5.41) is 12.0. The number of aryl methyl sites for hydroxylation is 1. The first-order chi connectivity index (χ1) is 7.86. The van der Waals surface area contributed by atoms with Crippen LogP contribution in [0.25, 0.3) is 0 Å². The Bertz CT molecular complexity index is 273. The molecule has 16 heavy (non-hydrogen) atoms. The summed E-state index contributed by atoms with van der Waals surface area (Å²) in [7, 11) is 0. The van der Waals surface area contributed by atoms with E-state index >= 15 is 0 Å². The van der Waals surface area contributed by atoms with Gasteiger partial charge in [0.05, 0.1) is 17.3 Å². The van der Waals surface area contributed by atoms with Crippen molar-refractivity contribution in [3.63, 3.8) is 0 Å². The molecular formula is C13H23NOS. The van der Waals surface area contributed by atoms with E-state index in [1.807, 2.05) is 5.38 Å². The van der Waals surface area contributed by atoms with Crippen molar-refractivity contribution >= 4 is 11.3 Å². The van der Waals surface area contributed by atoms with E-state index in [9.17, 15) is 0 Å². The fourth-order valence-electron chi connectivity index (χ4n) is 1.77. The number of aliphatic hydroxyl groups excluding tert-OH is 1. The fraction of sp³-hybridized carbons (Fsp3) is 0.769. The van der Waals surface area contributed by atoms with Crippen molar-refractivity contribution in [3.8, 4) is 0 Å². The molecular weight excluding hydrogens is 218 g/mol. The van der Waals surface area contributed by atoms with E-state index in [1.54, 1.807) is 11.3 Å². The highest BCUT2D eigenvalue weighted by Crippen LogP contribution is 2.14. The van der Waals surface area contributed by atoms with Crippen LogP contribution in [0.3, 0.4) is 0 Å². The predicted octanol–water partition coefficient (Wildman–Crippen LogP) is 3.93. The van der Waals surface area contributed by atoms with Gasteiger partial charge in [0.1, 0.15) is 0 Å². The van der Waals surface area contributed by atoms with Crippen molar-refractivity contribution in [2.45, 2.75) is 64.9 Å². The summed E-state index contributed by atoms with van der Waals surface area (Å²) in [6.07, 6.45) is 10.5. The molecule has 1 rings (SSSR count). The molecule has 0 atom stereocenters. The van der Waals surface area contributed by atoms with Crippen molar-refractivity contribution in [2.75, 3.05) is 0 Å². The molecule has 0 aliphatic rings. The topological polar surface area (TPSA) is 33.1 Å². The van der Waals surface area contributed by atoms with Crippen LogP contribution in [0, 0.1) is 0 Å². The lowest BCUT2D eigenvalue weighted by Gasteiger charge is -1.99. The lowest BCUT2D eigenvalue weighted by atomic mass is 10.1. The van der Waals surface area contributed by atoms with Crippen molar-refractivity contribution in [3.05, 3.63) is 16.1 Å². The smallest absolute Gasteiger partial charge is 0.0929 e. The third kappa shape index (κ3) is 5.61.